The van der Waals surface area contributed by atoms with Crippen molar-refractivity contribution in [2.75, 3.05) is 84.2 Å². The number of hydrogen-bond acceptors (Lipinski definition) is 14. The van der Waals surface area contributed by atoms with E-state index in [2.05, 4.69) is 53.5 Å². The molecular formula is C59H77ClN9O7PS. The van der Waals surface area contributed by atoms with Crippen molar-refractivity contribution in [1.29, 1.82) is 0 Å². The lowest BCUT2D eigenvalue weighted by Gasteiger charge is -2.36. The number of nitrogens with zero attached hydrogens (tertiary/aromatic N) is 7. The number of aromatic nitrogens is 3. The summed E-state index contributed by atoms with van der Waals surface area (Å²) >= 11 is 8.16. The number of hydrogen-bond donors (Lipinski definition) is 3. The molecule has 0 radical (unpaired) electrons. The summed E-state index contributed by atoms with van der Waals surface area (Å²) in [6.45, 7) is 17.7. The Kier molecular flexibility index (Phi) is 19.6. The highest BCUT2D eigenvalue weighted by Crippen LogP contribution is 2.38. The number of piperazine rings is 1. The van der Waals surface area contributed by atoms with E-state index in [1.54, 1.807) is 38.0 Å². The molecule has 5 heterocycles. The topological polar surface area (TPSA) is 190 Å². The number of methoxy groups -OCH3 is 1. The average molecular weight is 1120 g/mol. The Morgan fingerprint density at radius 2 is 1.59 bits per heavy atom. The molecule has 3 fully saturated rings. The lowest BCUT2D eigenvalue weighted by Crippen LogP contribution is -2.50. The summed E-state index contributed by atoms with van der Waals surface area (Å²) in [5.74, 6) is 0.183. The zero-order valence-electron chi connectivity index (χ0n) is 46.3. The fourth-order valence-corrected chi connectivity index (χ4v) is 13.1. The number of aryl methyl sites for hydroxylation is 1. The summed E-state index contributed by atoms with van der Waals surface area (Å²) in [7, 11) is -0.831. The fraction of sp³-hybridized carbons (Fsp3) is 0.508. The number of halogens is 1. The van der Waals surface area contributed by atoms with E-state index in [-0.39, 0.29) is 55.5 Å². The predicted molar refractivity (Wildman–Crippen MR) is 309 cm³/mol. The molecule has 16 nitrogen and oxygen atoms in total. The van der Waals surface area contributed by atoms with Gasteiger partial charge in [-0.05, 0) is 61.3 Å². The number of Topliss-reactive ketones (excluding diaryl/α,β-unsaturated/α-hetero) is 1. The van der Waals surface area contributed by atoms with Crippen molar-refractivity contribution in [3.63, 3.8) is 0 Å². The van der Waals surface area contributed by atoms with Gasteiger partial charge in [-0.2, -0.15) is 0 Å². The monoisotopic (exact) mass is 1120 g/mol. The lowest BCUT2D eigenvalue weighted by molar-refractivity contribution is -0.146. The van der Waals surface area contributed by atoms with E-state index < -0.39 is 30.6 Å². The number of nitrogens with one attached hydrogen (secondary N) is 2. The summed E-state index contributed by atoms with van der Waals surface area (Å²) in [6, 6.07) is 21.2. The minimum atomic E-state index is -2.50. The number of ketones is 1. The minimum Gasteiger partial charge on any atom is -0.496 e. The third-order valence-corrected chi connectivity index (χ3v) is 18.4. The molecule has 0 bridgehead atoms. The van der Waals surface area contributed by atoms with Crippen LogP contribution in [-0.2, 0) is 43.1 Å². The molecule has 3 saturated heterocycles. The van der Waals surface area contributed by atoms with Crippen molar-refractivity contribution in [1.82, 2.24) is 40.3 Å². The van der Waals surface area contributed by atoms with E-state index in [0.717, 1.165) is 102 Å². The number of carbonyl (C=O) groups excluding carboxylic acids is 4. The van der Waals surface area contributed by atoms with Crippen LogP contribution in [0.15, 0.2) is 78.4 Å². The Balaban J connectivity index is 0.731. The van der Waals surface area contributed by atoms with Gasteiger partial charge in [0.05, 0.1) is 40.0 Å². The molecule has 5 aromatic rings. The molecule has 0 unspecified atom stereocenters. The van der Waals surface area contributed by atoms with Crippen LogP contribution in [-0.4, -0.2) is 156 Å². The molecule has 3 aliphatic rings. The molecule has 418 valence electrons. The maximum Gasteiger partial charge on any atom is 0.243 e. The van der Waals surface area contributed by atoms with Crippen LogP contribution in [0.3, 0.4) is 0 Å². The number of piperidine rings is 1. The number of likely N-dealkylation sites (tertiary alicyclic amines) is 1. The molecule has 3 aliphatic heterocycles. The predicted octanol–water partition coefficient (Wildman–Crippen LogP) is 7.38. The van der Waals surface area contributed by atoms with Crippen LogP contribution in [0.2, 0.25) is 5.02 Å². The van der Waals surface area contributed by atoms with Gasteiger partial charge in [0.1, 0.15) is 30.5 Å². The van der Waals surface area contributed by atoms with Crippen LogP contribution >= 0.6 is 30.1 Å². The summed E-state index contributed by atoms with van der Waals surface area (Å²) in [4.78, 5) is 77.8. The first-order chi connectivity index (χ1) is 37.2. The molecule has 0 saturated carbocycles. The van der Waals surface area contributed by atoms with Gasteiger partial charge in [0.15, 0.2) is 0 Å². The standard InChI is InChI=1S/C59H77ClN9O7PS/c1-39-56(78-38-63-39)41-14-12-40(13-15-41)35-62-57(73)51-34-47(71)37-69(51)58(74)48(59(2,3)4)33-46(70)20-22-66-26-28-67(29-27-66)23-21-55(72)64-44-18-24-68(25-19-44)45-17-16-42(52(32-45)76-5)31-54-61-36-49(60)50(65-54)30-43-10-8-9-11-53(43)77(6,7)75/h8-17,32,36,38,44,47-48,51,71H,18-31,33-35,37H2,1-7H3,(H,62,73)(H,64,72)/t47-,48-,51+/m1/s1. The Bertz CT molecular complexity index is 2950. The number of aliphatic hydroxyl groups is 1. The van der Waals surface area contributed by atoms with Crippen LogP contribution in [0.4, 0.5) is 5.69 Å². The van der Waals surface area contributed by atoms with Crippen molar-refractivity contribution in [2.45, 2.75) is 104 Å². The number of thiazole rings is 1. The second-order valence-electron chi connectivity index (χ2n) is 22.7. The quantitative estimate of drug-likeness (QED) is 0.0618. The summed E-state index contributed by atoms with van der Waals surface area (Å²) < 4.78 is 18.9. The van der Waals surface area contributed by atoms with E-state index in [0.29, 0.717) is 55.3 Å². The zero-order chi connectivity index (χ0) is 55.7. The number of rotatable bonds is 21. The second kappa shape index (κ2) is 26.2. The number of carbonyl (C=O) groups is 4. The fourth-order valence-electron chi connectivity index (χ4n) is 10.9. The molecule has 3 aromatic carbocycles. The lowest BCUT2D eigenvalue weighted by atomic mass is 9.76. The third kappa shape index (κ3) is 15.4. The highest BCUT2D eigenvalue weighted by molar-refractivity contribution is 7.70. The Morgan fingerprint density at radius 3 is 2.24 bits per heavy atom. The van der Waals surface area contributed by atoms with Crippen molar-refractivity contribution >= 4 is 64.6 Å². The normalized spacial score (nSPS) is 18.2. The number of ether oxygens (including phenoxy) is 1. The highest BCUT2D eigenvalue weighted by atomic mass is 35.5. The first-order valence-electron chi connectivity index (χ1n) is 27.3. The van der Waals surface area contributed by atoms with Gasteiger partial charge in [0.25, 0.3) is 0 Å². The average Bonchev–Trinajstić information content (AvgIpc) is 4.10. The Morgan fingerprint density at radius 1 is 0.897 bits per heavy atom. The van der Waals surface area contributed by atoms with Crippen LogP contribution in [0.25, 0.3) is 10.4 Å². The highest BCUT2D eigenvalue weighted by Gasteiger charge is 2.44. The van der Waals surface area contributed by atoms with Crippen LogP contribution < -0.4 is 25.6 Å². The van der Waals surface area contributed by atoms with Crippen molar-refractivity contribution in [2.24, 2.45) is 11.3 Å². The first kappa shape index (κ1) is 58.6. The molecule has 2 aromatic heterocycles. The van der Waals surface area contributed by atoms with Crippen LogP contribution in [0, 0.1) is 18.3 Å². The van der Waals surface area contributed by atoms with Crippen molar-refractivity contribution in [3.8, 4) is 16.2 Å². The number of aliphatic hydroxyl groups excluding tert-OH is 1. The van der Waals surface area contributed by atoms with Crippen LogP contribution in [0.1, 0.15) is 93.2 Å². The Hall–Kier alpha value is -5.55. The smallest absolute Gasteiger partial charge is 0.243 e. The molecule has 3 N–H and O–H groups in total. The van der Waals surface area contributed by atoms with E-state index >= 15 is 0 Å². The van der Waals surface area contributed by atoms with Gasteiger partial charge < -0.3 is 44.6 Å². The van der Waals surface area contributed by atoms with Crippen molar-refractivity contribution in [3.05, 3.63) is 117 Å². The van der Waals surface area contributed by atoms with E-state index in [4.69, 9.17) is 21.3 Å². The number of benzene rings is 3. The van der Waals surface area contributed by atoms with E-state index in [1.807, 2.05) is 81.7 Å². The van der Waals surface area contributed by atoms with E-state index in [1.165, 1.54) is 4.90 Å². The molecule has 0 aliphatic carbocycles. The molecule has 0 spiro atoms. The largest absolute Gasteiger partial charge is 0.496 e. The number of amides is 3. The Labute approximate surface area is 469 Å². The minimum absolute atomic E-state index is 0.00126. The van der Waals surface area contributed by atoms with Gasteiger partial charge in [-0.25, -0.2) is 15.0 Å². The maximum absolute atomic E-state index is 14.2. The SMILES string of the molecule is COc1cc(N2CCC(NC(=O)CCN3CCN(CCC(=O)C[C@H](C(=O)N4C[C@H](O)C[C@H]4C(=O)NCc4ccc(-c5scnc5C)cc4)C(C)(C)C)CC3)CC2)ccc1Cc1ncc(Cl)c(Cc2ccccc2P(C)(C)=O)n1. The summed E-state index contributed by atoms with van der Waals surface area (Å²) in [5, 5.41) is 18.2. The molecule has 3 amide bonds. The van der Waals surface area contributed by atoms with Crippen LogP contribution in [0.5, 0.6) is 5.75 Å². The maximum atomic E-state index is 14.2. The van der Waals surface area contributed by atoms with Gasteiger partial charge >= 0.3 is 0 Å². The van der Waals surface area contributed by atoms with Crippen molar-refractivity contribution < 1.29 is 33.6 Å². The van der Waals surface area contributed by atoms with Gasteiger partial charge in [-0.15, -0.1) is 11.3 Å². The van der Waals surface area contributed by atoms with E-state index in [9.17, 15) is 28.8 Å². The third-order valence-electron chi connectivity index (χ3n) is 15.5. The summed E-state index contributed by atoms with van der Waals surface area (Å²) in [5.41, 5.74) is 7.87. The van der Waals surface area contributed by atoms with Gasteiger partial charge in [-0.1, -0.05) is 87.0 Å². The summed E-state index contributed by atoms with van der Waals surface area (Å²) in [6.07, 6.45) is 4.33. The second-order valence-corrected chi connectivity index (χ2v) is 27.1. The molecule has 19 heteroatoms. The molecular weight excluding hydrogens is 1050 g/mol. The molecule has 3 atom stereocenters. The zero-order valence-corrected chi connectivity index (χ0v) is 48.8. The van der Waals surface area contributed by atoms with Gasteiger partial charge in [-0.3, -0.25) is 19.2 Å². The number of β-amino-alcohol motifs (C(OH)–C–C–N with tert-alkyl or cyclic N) is 1. The van der Waals surface area contributed by atoms with Gasteiger partial charge in [0, 0.05) is 145 Å². The van der Waals surface area contributed by atoms with Gasteiger partial charge in [0.2, 0.25) is 17.7 Å². The molecule has 78 heavy (non-hydrogen) atoms. The molecule has 8 rings (SSSR count). The number of anilines is 1. The first-order valence-corrected chi connectivity index (χ1v) is 31.1.